The standard InChI is InChI=1S/C14H18ClFN2O3S/c1-17(22(20,21)10-4-8-16)13-7-9-18(14(13)19)12-6-3-2-5-11(12)15/h2-3,5-6,13H,4,7-10H2,1H3. The molecule has 1 aromatic carbocycles. The SMILES string of the molecule is CN(C1CCN(c2ccccc2Cl)C1=O)S(=O)(=O)CCCF. The van der Waals surface area contributed by atoms with Crippen LogP contribution in [-0.4, -0.2) is 50.7 Å². The fraction of sp³-hybridized carbons (Fsp3) is 0.500. The molecule has 0 spiro atoms. The molecule has 1 aromatic rings. The number of hydrogen-bond acceptors (Lipinski definition) is 3. The van der Waals surface area contributed by atoms with E-state index in [0.717, 1.165) is 4.31 Å². The third-order valence-corrected chi connectivity index (χ3v) is 5.99. The molecule has 1 aliphatic heterocycles. The normalized spacial score (nSPS) is 19.2. The molecule has 0 radical (unpaired) electrons. The van der Waals surface area contributed by atoms with E-state index in [1.807, 2.05) is 0 Å². The van der Waals surface area contributed by atoms with E-state index in [1.54, 1.807) is 24.3 Å². The first-order valence-corrected chi connectivity index (χ1v) is 8.95. The van der Waals surface area contributed by atoms with Gasteiger partial charge in [0.1, 0.15) is 6.04 Å². The number of hydrogen-bond donors (Lipinski definition) is 0. The molecule has 0 bridgehead atoms. The lowest BCUT2D eigenvalue weighted by Gasteiger charge is -2.23. The van der Waals surface area contributed by atoms with Crippen molar-refractivity contribution in [1.29, 1.82) is 0 Å². The minimum Gasteiger partial charge on any atom is -0.309 e. The first-order chi connectivity index (χ1) is 10.4. The highest BCUT2D eigenvalue weighted by Gasteiger charge is 2.39. The van der Waals surface area contributed by atoms with Gasteiger partial charge in [-0.3, -0.25) is 9.18 Å². The molecule has 122 valence electrons. The van der Waals surface area contributed by atoms with E-state index in [9.17, 15) is 17.6 Å². The number of carbonyl (C=O) groups is 1. The topological polar surface area (TPSA) is 57.7 Å². The summed E-state index contributed by atoms with van der Waals surface area (Å²) in [6.07, 6.45) is 0.317. The third kappa shape index (κ3) is 3.42. The van der Waals surface area contributed by atoms with E-state index >= 15 is 0 Å². The largest absolute Gasteiger partial charge is 0.309 e. The number of halogens is 2. The van der Waals surface area contributed by atoms with Gasteiger partial charge in [0, 0.05) is 13.6 Å². The fourth-order valence-electron chi connectivity index (χ4n) is 2.49. The maximum absolute atomic E-state index is 12.5. The first-order valence-electron chi connectivity index (χ1n) is 6.96. The van der Waals surface area contributed by atoms with E-state index in [-0.39, 0.29) is 18.1 Å². The van der Waals surface area contributed by atoms with Crippen molar-refractivity contribution >= 4 is 33.2 Å². The van der Waals surface area contributed by atoms with Crippen molar-refractivity contribution in [1.82, 2.24) is 4.31 Å². The second-order valence-electron chi connectivity index (χ2n) is 5.12. The number of rotatable bonds is 6. The second kappa shape index (κ2) is 6.93. The molecule has 0 aliphatic carbocycles. The van der Waals surface area contributed by atoms with Gasteiger partial charge in [-0.15, -0.1) is 0 Å². The highest BCUT2D eigenvalue weighted by Crippen LogP contribution is 2.30. The Morgan fingerprint density at radius 1 is 1.41 bits per heavy atom. The monoisotopic (exact) mass is 348 g/mol. The lowest BCUT2D eigenvalue weighted by atomic mass is 10.2. The molecule has 1 heterocycles. The Labute approximate surface area is 134 Å². The molecule has 1 aliphatic rings. The van der Waals surface area contributed by atoms with Gasteiger partial charge in [0.25, 0.3) is 0 Å². The van der Waals surface area contributed by atoms with Gasteiger partial charge in [0.05, 0.1) is 23.1 Å². The van der Waals surface area contributed by atoms with Gasteiger partial charge in [0.2, 0.25) is 15.9 Å². The molecule has 1 atom stereocenters. The predicted octanol–water partition coefficient (Wildman–Crippen LogP) is 2.07. The van der Waals surface area contributed by atoms with E-state index in [1.165, 1.54) is 11.9 Å². The van der Waals surface area contributed by atoms with Crippen LogP contribution in [0.5, 0.6) is 0 Å². The summed E-state index contributed by atoms with van der Waals surface area (Å²) < 4.78 is 37.4. The molecule has 1 fully saturated rings. The molecule has 8 heteroatoms. The Kier molecular flexibility index (Phi) is 5.41. The molecule has 0 aromatic heterocycles. The number of benzene rings is 1. The molecule has 5 nitrogen and oxygen atoms in total. The summed E-state index contributed by atoms with van der Waals surface area (Å²) in [6, 6.07) is 6.17. The van der Waals surface area contributed by atoms with Gasteiger partial charge in [-0.05, 0) is 25.0 Å². The van der Waals surface area contributed by atoms with Gasteiger partial charge in [-0.2, -0.15) is 4.31 Å². The molecule has 1 unspecified atom stereocenters. The van der Waals surface area contributed by atoms with Crippen LogP contribution in [0.1, 0.15) is 12.8 Å². The summed E-state index contributed by atoms with van der Waals surface area (Å²) in [5.41, 5.74) is 0.575. The number of para-hydroxylation sites is 1. The van der Waals surface area contributed by atoms with Crippen LogP contribution in [0.15, 0.2) is 24.3 Å². The number of sulfonamides is 1. The van der Waals surface area contributed by atoms with E-state index < -0.39 is 22.7 Å². The summed E-state index contributed by atoms with van der Waals surface area (Å²) in [5.74, 6) is -0.602. The molecule has 2 rings (SSSR count). The Hall–Kier alpha value is -1.18. The molecular formula is C14H18ClFN2O3S. The molecule has 1 amide bonds. The van der Waals surface area contributed by atoms with Crippen LogP contribution in [-0.2, 0) is 14.8 Å². The number of likely N-dealkylation sites (N-methyl/N-ethyl adjacent to an activating group) is 1. The number of anilines is 1. The number of carbonyl (C=O) groups excluding carboxylic acids is 1. The van der Waals surface area contributed by atoms with Gasteiger partial charge in [-0.1, -0.05) is 23.7 Å². The second-order valence-corrected chi connectivity index (χ2v) is 7.68. The summed E-state index contributed by atoms with van der Waals surface area (Å²) >= 11 is 6.09. The zero-order valence-corrected chi connectivity index (χ0v) is 13.8. The zero-order valence-electron chi connectivity index (χ0n) is 12.2. The van der Waals surface area contributed by atoms with Crippen molar-refractivity contribution in [3.8, 4) is 0 Å². The van der Waals surface area contributed by atoms with Gasteiger partial charge in [-0.25, -0.2) is 8.42 Å². The van der Waals surface area contributed by atoms with Crippen LogP contribution < -0.4 is 4.90 Å². The summed E-state index contributed by atoms with van der Waals surface area (Å²) in [4.78, 5) is 14.0. The first kappa shape index (κ1) is 17.2. The van der Waals surface area contributed by atoms with Gasteiger partial charge in [0.15, 0.2) is 0 Å². The van der Waals surface area contributed by atoms with E-state index in [4.69, 9.17) is 11.6 Å². The van der Waals surface area contributed by atoms with Crippen molar-refractivity contribution in [2.24, 2.45) is 0 Å². The van der Waals surface area contributed by atoms with Crippen LogP contribution in [0.3, 0.4) is 0 Å². The Bertz CT molecular complexity index is 653. The van der Waals surface area contributed by atoms with Crippen molar-refractivity contribution in [3.63, 3.8) is 0 Å². The van der Waals surface area contributed by atoms with Crippen molar-refractivity contribution in [2.75, 3.05) is 30.9 Å². The van der Waals surface area contributed by atoms with Crippen LogP contribution in [0.25, 0.3) is 0 Å². The highest BCUT2D eigenvalue weighted by atomic mass is 35.5. The van der Waals surface area contributed by atoms with Crippen LogP contribution in [0.4, 0.5) is 10.1 Å². The predicted molar refractivity (Wildman–Crippen MR) is 84.4 cm³/mol. The Morgan fingerprint density at radius 2 is 2.09 bits per heavy atom. The molecule has 0 saturated carbocycles. The lowest BCUT2D eigenvalue weighted by molar-refractivity contribution is -0.120. The number of nitrogens with zero attached hydrogens (tertiary/aromatic N) is 2. The number of alkyl halides is 1. The summed E-state index contributed by atoms with van der Waals surface area (Å²) in [7, 11) is -2.27. The van der Waals surface area contributed by atoms with Crippen LogP contribution in [0.2, 0.25) is 5.02 Å². The number of amides is 1. The molecular weight excluding hydrogens is 331 g/mol. The Balaban J connectivity index is 2.16. The smallest absolute Gasteiger partial charge is 0.245 e. The maximum Gasteiger partial charge on any atom is 0.245 e. The fourth-order valence-corrected chi connectivity index (χ4v) is 4.07. The van der Waals surface area contributed by atoms with E-state index in [2.05, 4.69) is 0 Å². The summed E-state index contributed by atoms with van der Waals surface area (Å²) in [5, 5.41) is 0.444. The van der Waals surface area contributed by atoms with Crippen molar-refractivity contribution < 1.29 is 17.6 Å². The quantitative estimate of drug-likeness (QED) is 0.790. The van der Waals surface area contributed by atoms with Gasteiger partial charge < -0.3 is 4.90 Å². The zero-order chi connectivity index (χ0) is 16.3. The third-order valence-electron chi connectivity index (χ3n) is 3.73. The highest BCUT2D eigenvalue weighted by molar-refractivity contribution is 7.89. The summed E-state index contributed by atoms with van der Waals surface area (Å²) in [6.45, 7) is -0.298. The van der Waals surface area contributed by atoms with E-state index in [0.29, 0.717) is 23.7 Å². The lowest BCUT2D eigenvalue weighted by Crippen LogP contribution is -2.43. The van der Waals surface area contributed by atoms with Crippen LogP contribution in [0, 0.1) is 0 Å². The maximum atomic E-state index is 12.5. The van der Waals surface area contributed by atoms with Crippen molar-refractivity contribution in [2.45, 2.75) is 18.9 Å². The average molecular weight is 349 g/mol. The van der Waals surface area contributed by atoms with Crippen LogP contribution >= 0.6 is 11.6 Å². The molecule has 22 heavy (non-hydrogen) atoms. The van der Waals surface area contributed by atoms with Gasteiger partial charge >= 0.3 is 0 Å². The average Bonchev–Trinajstić information content (AvgIpc) is 2.86. The van der Waals surface area contributed by atoms with Crippen molar-refractivity contribution in [3.05, 3.63) is 29.3 Å². The Morgan fingerprint density at radius 3 is 2.73 bits per heavy atom. The minimum absolute atomic E-state index is 0.0676. The molecule has 1 saturated heterocycles. The molecule has 0 N–H and O–H groups in total. The minimum atomic E-state index is -3.64.